The molecule has 0 aliphatic carbocycles. The van der Waals surface area contributed by atoms with E-state index in [1.165, 1.54) is 0 Å². The van der Waals surface area contributed by atoms with Crippen LogP contribution in [0.2, 0.25) is 0 Å². The van der Waals surface area contributed by atoms with Gasteiger partial charge < -0.3 is 0 Å². The third-order valence-electron chi connectivity index (χ3n) is 0. The van der Waals surface area contributed by atoms with Gasteiger partial charge in [0.05, 0.1) is 0 Å². The van der Waals surface area contributed by atoms with Crippen LogP contribution in [0.25, 0.3) is 0 Å². The molecule has 0 fully saturated rings. The van der Waals surface area contributed by atoms with Crippen LogP contribution in [0.4, 0.5) is 0 Å². The summed E-state index contributed by atoms with van der Waals surface area (Å²) in [6, 6.07) is 0. The molecule has 0 amide bonds. The van der Waals surface area contributed by atoms with E-state index in [-0.39, 0.29) is 91.4 Å². The topological polar surface area (TPSA) is 0 Å². The van der Waals surface area contributed by atoms with Crippen molar-refractivity contribution in [3.05, 3.63) is 0 Å². The van der Waals surface area contributed by atoms with Crippen molar-refractivity contribution in [3.8, 4) is 0 Å². The molecule has 4 radical (unpaired) electrons. The fourth-order valence-corrected chi connectivity index (χ4v) is 0. The average molecular weight is 543 g/mol. The molecule has 0 rings (SSSR count). The molecular formula is H6BiSbSeTe. The van der Waals surface area contributed by atoms with E-state index < -0.39 is 0 Å². The van der Waals surface area contributed by atoms with Crippen LogP contribution >= 0.6 is 0 Å². The first kappa shape index (κ1) is 27.9. The second-order valence-corrected chi connectivity index (χ2v) is 0. The van der Waals surface area contributed by atoms with Crippen molar-refractivity contribution in [3.63, 3.8) is 0 Å². The summed E-state index contributed by atoms with van der Waals surface area (Å²) in [4.78, 5) is 0. The molecule has 0 aromatic heterocycles. The van der Waals surface area contributed by atoms with Crippen molar-refractivity contribution < 1.29 is 0 Å². The van der Waals surface area contributed by atoms with Gasteiger partial charge in [-0.3, -0.25) is 0 Å². The van der Waals surface area contributed by atoms with Crippen LogP contribution in [0.1, 0.15) is 0 Å². The molecule has 4 heteroatoms. The Morgan fingerprint density at radius 1 is 1.00 bits per heavy atom. The van der Waals surface area contributed by atoms with Gasteiger partial charge in [0.25, 0.3) is 0 Å². The summed E-state index contributed by atoms with van der Waals surface area (Å²) < 4.78 is 0. The Balaban J connectivity index is 0. The van der Waals surface area contributed by atoms with Crippen molar-refractivity contribution in [1.29, 1.82) is 0 Å². The molecule has 0 aromatic rings. The first-order chi connectivity index (χ1) is 0. The van der Waals surface area contributed by atoms with E-state index in [0.29, 0.717) is 0 Å². The zero-order chi connectivity index (χ0) is 0. The second-order valence-electron chi connectivity index (χ2n) is 0. The molecule has 0 unspecified atom stereocenters. The van der Waals surface area contributed by atoms with E-state index in [1.807, 2.05) is 0 Å². The van der Waals surface area contributed by atoms with Gasteiger partial charge in [-0.25, -0.2) is 0 Å². The van der Waals surface area contributed by atoms with Gasteiger partial charge in [0.1, 0.15) is 0 Å². The molecule has 0 bridgehead atoms. The summed E-state index contributed by atoms with van der Waals surface area (Å²) in [5.41, 5.74) is 0. The van der Waals surface area contributed by atoms with E-state index in [0.717, 1.165) is 0 Å². The summed E-state index contributed by atoms with van der Waals surface area (Å²) in [6.07, 6.45) is 0. The number of hydrogen-bond donors (Lipinski definition) is 0. The van der Waals surface area contributed by atoms with E-state index in [9.17, 15) is 0 Å². The van der Waals surface area contributed by atoms with Gasteiger partial charge in [-0.2, -0.15) is 0 Å². The number of rotatable bonds is 0. The second kappa shape index (κ2) is 16.6. The minimum absolute atomic E-state index is 0. The van der Waals surface area contributed by atoms with Gasteiger partial charge >= 0.3 is 91.4 Å². The molecule has 0 aliphatic heterocycles. The van der Waals surface area contributed by atoms with Crippen LogP contribution in [0.3, 0.4) is 0 Å². The molecule has 0 atom stereocenters. The van der Waals surface area contributed by atoms with Crippen molar-refractivity contribution in [1.82, 2.24) is 0 Å². The SMILES string of the molecule is [BiH3].[SbH].[SeH].[TeH]. The predicted molar refractivity (Wildman–Crippen MR) is 31.4 cm³/mol. The van der Waals surface area contributed by atoms with Gasteiger partial charge in [-0.15, -0.1) is 0 Å². The van der Waals surface area contributed by atoms with Gasteiger partial charge in [0.2, 0.25) is 0 Å². The summed E-state index contributed by atoms with van der Waals surface area (Å²) in [5, 5.41) is 0. The van der Waals surface area contributed by atoms with Crippen molar-refractivity contribution in [2.24, 2.45) is 0 Å². The fraction of sp³-hybridized carbons (Fsp3) is 0. The first-order valence-corrected chi connectivity index (χ1v) is 0. The molecule has 28 valence electrons. The molecule has 0 nitrogen and oxygen atoms in total. The van der Waals surface area contributed by atoms with Gasteiger partial charge in [-0.05, 0) is 0 Å². The average Bonchev–Trinajstić information content (AvgIpc) is 0. The van der Waals surface area contributed by atoms with E-state index in [2.05, 4.69) is 0 Å². The van der Waals surface area contributed by atoms with Crippen LogP contribution in [0.5, 0.6) is 0 Å². The molecule has 0 heterocycles. The van der Waals surface area contributed by atoms with E-state index in [4.69, 9.17) is 0 Å². The van der Waals surface area contributed by atoms with Crippen molar-refractivity contribution in [2.45, 2.75) is 0 Å². The van der Waals surface area contributed by atoms with Gasteiger partial charge in [-0.1, -0.05) is 0 Å². The van der Waals surface area contributed by atoms with Crippen LogP contribution in [-0.4, -0.2) is 91.4 Å². The minimum atomic E-state index is 0. The summed E-state index contributed by atoms with van der Waals surface area (Å²) >= 11 is 0. The summed E-state index contributed by atoms with van der Waals surface area (Å²) in [5.74, 6) is 0. The Labute approximate surface area is 89.6 Å². The molecule has 0 saturated carbocycles. The van der Waals surface area contributed by atoms with E-state index in [1.54, 1.807) is 0 Å². The van der Waals surface area contributed by atoms with E-state index >= 15 is 0 Å². The Morgan fingerprint density at radius 3 is 1.00 bits per heavy atom. The van der Waals surface area contributed by atoms with Gasteiger partial charge in [0.15, 0.2) is 0 Å². The molecule has 0 aliphatic rings. The molecule has 0 aromatic carbocycles. The molecule has 4 heavy (non-hydrogen) atoms. The normalized spacial score (nSPS) is 0. The Morgan fingerprint density at radius 2 is 1.00 bits per heavy atom. The molecule has 0 saturated heterocycles. The predicted octanol–water partition coefficient (Wildman–Crippen LogP) is -3.13. The van der Waals surface area contributed by atoms with Gasteiger partial charge in [0, 0.05) is 0 Å². The van der Waals surface area contributed by atoms with Crippen molar-refractivity contribution >= 4 is 91.4 Å². The third kappa shape index (κ3) is 8.89. The maximum atomic E-state index is 0. The molecular weight excluding hydrogens is 537 g/mol. The zero-order valence-corrected chi connectivity index (χ0v) is 14.9. The Kier molecular flexibility index (Phi) is 116. The monoisotopic (exact) mass is 546 g/mol. The standard InChI is InChI=1S/Bi.Sb.HSe.HTe.4H/h;;2*1H;;;;. The van der Waals surface area contributed by atoms with Crippen LogP contribution < -0.4 is 0 Å². The van der Waals surface area contributed by atoms with Crippen LogP contribution in [-0.2, 0) is 0 Å². The van der Waals surface area contributed by atoms with Crippen molar-refractivity contribution in [2.75, 3.05) is 0 Å². The maximum absolute atomic E-state index is 0. The first-order valence-electron chi connectivity index (χ1n) is 0. The van der Waals surface area contributed by atoms with Crippen LogP contribution in [0, 0.1) is 0 Å². The third-order valence-corrected chi connectivity index (χ3v) is 0. The summed E-state index contributed by atoms with van der Waals surface area (Å²) in [7, 11) is 0. The van der Waals surface area contributed by atoms with Crippen LogP contribution in [0.15, 0.2) is 0 Å². The quantitative estimate of drug-likeness (QED) is 0.284. The number of hydrogen-bond acceptors (Lipinski definition) is 0. The molecule has 0 N–H and O–H groups in total. The Bertz CT molecular complexity index is 8.00. The summed E-state index contributed by atoms with van der Waals surface area (Å²) in [6.45, 7) is 0. The zero-order valence-electron chi connectivity index (χ0n) is 2.10. The molecule has 0 spiro atoms. The Hall–Kier alpha value is 3.01. The fourth-order valence-electron chi connectivity index (χ4n) is 0.